The zero-order valence-corrected chi connectivity index (χ0v) is 11.5. The first-order valence-corrected chi connectivity index (χ1v) is 7.55. The molecule has 0 bridgehead atoms. The van der Waals surface area contributed by atoms with Crippen LogP contribution in [0.2, 0.25) is 0 Å². The van der Waals surface area contributed by atoms with Gasteiger partial charge >= 0.3 is 0 Å². The molecule has 1 atom stereocenters. The summed E-state index contributed by atoms with van der Waals surface area (Å²) in [5, 5.41) is 0. The molecular weight excluding hydrogens is 260 g/mol. The Morgan fingerprint density at radius 2 is 1.47 bits per heavy atom. The lowest BCUT2D eigenvalue weighted by Gasteiger charge is -2.16. The van der Waals surface area contributed by atoms with E-state index in [2.05, 4.69) is 0 Å². The molecule has 0 fully saturated rings. The minimum absolute atomic E-state index is 0.290. The minimum atomic E-state index is -3.47. The number of hydrogen-bond acceptors (Lipinski definition) is 3. The lowest BCUT2D eigenvalue weighted by atomic mass is 10.2. The lowest BCUT2D eigenvalue weighted by molar-refractivity contribution is 0.164. The standard InChI is InChI=1S/C15H16O3S/c1-18-15(12-13-8-4-2-5-9-13)19(16,17)14-10-6-3-7-11-14/h2-11,15H,12H2,1H3. The number of benzene rings is 2. The Morgan fingerprint density at radius 3 is 2.00 bits per heavy atom. The predicted octanol–water partition coefficient (Wildman–Crippen LogP) is 2.68. The smallest absolute Gasteiger partial charge is 0.205 e. The van der Waals surface area contributed by atoms with Gasteiger partial charge in [-0.2, -0.15) is 0 Å². The maximum absolute atomic E-state index is 12.4. The van der Waals surface area contributed by atoms with E-state index in [4.69, 9.17) is 4.74 Å². The first-order chi connectivity index (χ1) is 9.14. The van der Waals surface area contributed by atoms with E-state index in [0.717, 1.165) is 5.56 Å². The summed E-state index contributed by atoms with van der Waals surface area (Å²) in [6.07, 6.45) is 0.342. The molecule has 2 aromatic carbocycles. The van der Waals surface area contributed by atoms with E-state index < -0.39 is 15.3 Å². The SMILES string of the molecule is COC(Cc1ccccc1)S(=O)(=O)c1ccccc1. The van der Waals surface area contributed by atoms with Gasteiger partial charge in [0.15, 0.2) is 5.44 Å². The first-order valence-electron chi connectivity index (χ1n) is 6.00. The van der Waals surface area contributed by atoms with Crippen molar-refractivity contribution in [2.24, 2.45) is 0 Å². The van der Waals surface area contributed by atoms with Crippen molar-refractivity contribution in [2.75, 3.05) is 7.11 Å². The molecule has 0 spiro atoms. The zero-order valence-electron chi connectivity index (χ0n) is 10.7. The van der Waals surface area contributed by atoms with Gasteiger partial charge in [-0.15, -0.1) is 0 Å². The van der Waals surface area contributed by atoms with Crippen LogP contribution in [0.4, 0.5) is 0 Å². The molecule has 0 amide bonds. The maximum Gasteiger partial charge on any atom is 0.205 e. The summed E-state index contributed by atoms with van der Waals surface area (Å²) in [5.41, 5.74) is 0.0751. The third kappa shape index (κ3) is 3.22. The van der Waals surface area contributed by atoms with Crippen LogP contribution >= 0.6 is 0 Å². The minimum Gasteiger partial charge on any atom is -0.365 e. The molecule has 0 aliphatic rings. The van der Waals surface area contributed by atoms with E-state index in [1.54, 1.807) is 30.3 Å². The summed E-state index contributed by atoms with van der Waals surface area (Å²) in [6, 6.07) is 17.9. The Hall–Kier alpha value is -1.65. The van der Waals surface area contributed by atoms with Crippen molar-refractivity contribution in [3.63, 3.8) is 0 Å². The fourth-order valence-electron chi connectivity index (χ4n) is 1.89. The van der Waals surface area contributed by atoms with Gasteiger partial charge in [0.1, 0.15) is 0 Å². The number of methoxy groups -OCH3 is 1. The van der Waals surface area contributed by atoms with E-state index in [1.165, 1.54) is 7.11 Å². The number of rotatable bonds is 5. The number of sulfone groups is 1. The van der Waals surface area contributed by atoms with Gasteiger partial charge in [0.25, 0.3) is 0 Å². The Balaban J connectivity index is 2.27. The highest BCUT2D eigenvalue weighted by Crippen LogP contribution is 2.19. The second-order valence-corrected chi connectivity index (χ2v) is 6.30. The predicted molar refractivity (Wildman–Crippen MR) is 74.6 cm³/mol. The molecule has 0 saturated carbocycles. The summed E-state index contributed by atoms with van der Waals surface area (Å²) in [5.74, 6) is 0. The maximum atomic E-state index is 12.4. The average molecular weight is 276 g/mol. The third-order valence-electron chi connectivity index (χ3n) is 2.93. The van der Waals surface area contributed by atoms with Gasteiger partial charge < -0.3 is 4.74 Å². The molecule has 0 radical (unpaired) electrons. The van der Waals surface area contributed by atoms with Gasteiger partial charge in [0, 0.05) is 13.5 Å². The second-order valence-electron chi connectivity index (χ2n) is 4.21. The Labute approximate surface area is 113 Å². The number of ether oxygens (including phenoxy) is 1. The first kappa shape index (κ1) is 13.8. The van der Waals surface area contributed by atoms with Crippen LogP contribution in [-0.2, 0) is 21.0 Å². The van der Waals surface area contributed by atoms with Crippen LogP contribution in [0.1, 0.15) is 5.56 Å². The van der Waals surface area contributed by atoms with Gasteiger partial charge in [-0.3, -0.25) is 0 Å². The monoisotopic (exact) mass is 276 g/mol. The van der Waals surface area contributed by atoms with E-state index >= 15 is 0 Å². The summed E-state index contributed by atoms with van der Waals surface area (Å²) < 4.78 is 30.1. The van der Waals surface area contributed by atoms with Gasteiger partial charge in [-0.25, -0.2) is 8.42 Å². The van der Waals surface area contributed by atoms with Gasteiger partial charge in [-0.1, -0.05) is 48.5 Å². The topological polar surface area (TPSA) is 43.4 Å². The van der Waals surface area contributed by atoms with E-state index in [-0.39, 0.29) is 4.90 Å². The summed E-state index contributed by atoms with van der Waals surface area (Å²) in [6.45, 7) is 0. The zero-order chi connectivity index (χ0) is 13.7. The fourth-order valence-corrected chi connectivity index (χ4v) is 3.39. The van der Waals surface area contributed by atoms with E-state index in [9.17, 15) is 8.42 Å². The van der Waals surface area contributed by atoms with Crippen molar-refractivity contribution in [3.05, 3.63) is 66.2 Å². The van der Waals surface area contributed by atoms with Crippen LogP contribution in [0.3, 0.4) is 0 Å². The Morgan fingerprint density at radius 1 is 0.947 bits per heavy atom. The largest absolute Gasteiger partial charge is 0.365 e. The van der Waals surface area contributed by atoms with Gasteiger partial charge in [0.2, 0.25) is 9.84 Å². The molecule has 19 heavy (non-hydrogen) atoms. The molecule has 0 saturated heterocycles. The van der Waals surface area contributed by atoms with Crippen molar-refractivity contribution in [2.45, 2.75) is 16.8 Å². The average Bonchev–Trinajstić information content (AvgIpc) is 2.46. The fraction of sp³-hybridized carbons (Fsp3) is 0.200. The molecule has 1 unspecified atom stereocenters. The van der Waals surface area contributed by atoms with E-state index in [1.807, 2.05) is 30.3 Å². The summed E-state index contributed by atoms with van der Waals surface area (Å²) >= 11 is 0. The highest BCUT2D eigenvalue weighted by atomic mass is 32.2. The summed E-state index contributed by atoms with van der Waals surface area (Å²) in [7, 11) is -2.05. The molecular formula is C15H16O3S. The van der Waals surface area contributed by atoms with Crippen molar-refractivity contribution in [1.82, 2.24) is 0 Å². The molecule has 3 nitrogen and oxygen atoms in total. The highest BCUT2D eigenvalue weighted by molar-refractivity contribution is 7.91. The lowest BCUT2D eigenvalue weighted by Crippen LogP contribution is -2.25. The Bertz CT molecular complexity index is 606. The Kier molecular flexibility index (Phi) is 4.35. The molecule has 2 rings (SSSR count). The normalized spacial score (nSPS) is 13.1. The molecule has 0 N–H and O–H groups in total. The second kappa shape index (κ2) is 5.99. The van der Waals surface area contributed by atoms with Crippen molar-refractivity contribution < 1.29 is 13.2 Å². The van der Waals surface area contributed by atoms with Gasteiger partial charge in [-0.05, 0) is 17.7 Å². The van der Waals surface area contributed by atoms with Crippen molar-refractivity contribution >= 4 is 9.84 Å². The molecule has 0 aromatic heterocycles. The summed E-state index contributed by atoms with van der Waals surface area (Å²) in [4.78, 5) is 0.290. The van der Waals surface area contributed by atoms with Crippen LogP contribution in [0.5, 0.6) is 0 Å². The molecule has 4 heteroatoms. The molecule has 0 aliphatic carbocycles. The van der Waals surface area contributed by atoms with Crippen LogP contribution in [0.15, 0.2) is 65.6 Å². The highest BCUT2D eigenvalue weighted by Gasteiger charge is 2.27. The van der Waals surface area contributed by atoms with Crippen molar-refractivity contribution in [1.29, 1.82) is 0 Å². The van der Waals surface area contributed by atoms with Crippen LogP contribution in [0.25, 0.3) is 0 Å². The quantitative estimate of drug-likeness (QED) is 0.843. The van der Waals surface area contributed by atoms with E-state index in [0.29, 0.717) is 6.42 Å². The molecule has 0 aliphatic heterocycles. The van der Waals surface area contributed by atoms with Gasteiger partial charge in [0.05, 0.1) is 4.90 Å². The third-order valence-corrected chi connectivity index (χ3v) is 4.91. The molecule has 2 aromatic rings. The molecule has 0 heterocycles. The number of hydrogen-bond donors (Lipinski definition) is 0. The van der Waals surface area contributed by atoms with Crippen LogP contribution in [-0.4, -0.2) is 21.0 Å². The van der Waals surface area contributed by atoms with Crippen molar-refractivity contribution in [3.8, 4) is 0 Å². The van der Waals surface area contributed by atoms with Crippen LogP contribution in [0, 0.1) is 0 Å². The van der Waals surface area contributed by atoms with Crippen LogP contribution < -0.4 is 0 Å². The molecule has 100 valence electrons.